The first-order valence-corrected chi connectivity index (χ1v) is 6.53. The number of nitrogens with one attached hydrogen (secondary N) is 1. The predicted octanol–water partition coefficient (Wildman–Crippen LogP) is 2.15. The molecule has 0 aromatic carbocycles. The second kappa shape index (κ2) is 5.48. The van der Waals surface area contributed by atoms with Crippen molar-refractivity contribution in [2.45, 2.75) is 58.5 Å². The molecule has 90 valence electrons. The SMILES string of the molecule is CC(C)NCCCn1cnc2c1CCCC2. The topological polar surface area (TPSA) is 29.9 Å². The van der Waals surface area contributed by atoms with Crippen LogP contribution in [-0.2, 0) is 19.4 Å². The Morgan fingerprint density at radius 1 is 1.38 bits per heavy atom. The minimum Gasteiger partial charge on any atom is -0.334 e. The van der Waals surface area contributed by atoms with Gasteiger partial charge in [-0.05, 0) is 38.6 Å². The molecular formula is C13H23N3. The van der Waals surface area contributed by atoms with E-state index in [1.807, 2.05) is 6.33 Å². The van der Waals surface area contributed by atoms with E-state index in [2.05, 4.69) is 28.7 Å². The fourth-order valence-electron chi connectivity index (χ4n) is 2.36. The average Bonchev–Trinajstić information content (AvgIpc) is 2.68. The number of rotatable bonds is 5. The van der Waals surface area contributed by atoms with Crippen LogP contribution >= 0.6 is 0 Å². The van der Waals surface area contributed by atoms with Gasteiger partial charge >= 0.3 is 0 Å². The van der Waals surface area contributed by atoms with Crippen LogP contribution < -0.4 is 5.32 Å². The molecule has 1 N–H and O–H groups in total. The van der Waals surface area contributed by atoms with Crippen molar-refractivity contribution in [1.82, 2.24) is 14.9 Å². The molecule has 1 heterocycles. The zero-order chi connectivity index (χ0) is 11.4. The molecule has 1 aliphatic rings. The van der Waals surface area contributed by atoms with Crippen molar-refractivity contribution in [2.75, 3.05) is 6.54 Å². The molecule has 0 bridgehead atoms. The molecule has 0 unspecified atom stereocenters. The van der Waals surface area contributed by atoms with Crippen molar-refractivity contribution in [2.24, 2.45) is 0 Å². The summed E-state index contributed by atoms with van der Waals surface area (Å²) in [6, 6.07) is 0.594. The van der Waals surface area contributed by atoms with E-state index in [-0.39, 0.29) is 0 Å². The lowest BCUT2D eigenvalue weighted by Gasteiger charge is -2.14. The third-order valence-electron chi connectivity index (χ3n) is 3.24. The quantitative estimate of drug-likeness (QED) is 0.772. The van der Waals surface area contributed by atoms with Crippen LogP contribution in [0.5, 0.6) is 0 Å². The molecule has 0 amide bonds. The summed E-state index contributed by atoms with van der Waals surface area (Å²) in [7, 11) is 0. The van der Waals surface area contributed by atoms with Crippen LogP contribution in [0, 0.1) is 0 Å². The molecule has 0 atom stereocenters. The van der Waals surface area contributed by atoms with Crippen molar-refractivity contribution in [3.05, 3.63) is 17.7 Å². The Hall–Kier alpha value is -0.830. The first kappa shape index (κ1) is 11.6. The fraction of sp³-hybridized carbons (Fsp3) is 0.769. The van der Waals surface area contributed by atoms with Crippen LogP contribution in [0.4, 0.5) is 0 Å². The normalized spacial score (nSPS) is 15.4. The molecule has 0 aliphatic heterocycles. The largest absolute Gasteiger partial charge is 0.334 e. The van der Waals surface area contributed by atoms with Crippen LogP contribution in [0.25, 0.3) is 0 Å². The monoisotopic (exact) mass is 221 g/mol. The molecule has 3 nitrogen and oxygen atoms in total. The number of imidazole rings is 1. The highest BCUT2D eigenvalue weighted by Gasteiger charge is 2.14. The lowest BCUT2D eigenvalue weighted by atomic mass is 10.0. The van der Waals surface area contributed by atoms with Gasteiger partial charge in [0.1, 0.15) is 0 Å². The van der Waals surface area contributed by atoms with E-state index in [9.17, 15) is 0 Å². The van der Waals surface area contributed by atoms with E-state index in [1.54, 1.807) is 0 Å². The highest BCUT2D eigenvalue weighted by atomic mass is 15.1. The summed E-state index contributed by atoms with van der Waals surface area (Å²) in [5.74, 6) is 0. The van der Waals surface area contributed by atoms with Crippen LogP contribution in [-0.4, -0.2) is 22.1 Å². The van der Waals surface area contributed by atoms with Crippen LogP contribution in [0.3, 0.4) is 0 Å². The molecule has 1 aromatic rings. The number of hydrogen-bond donors (Lipinski definition) is 1. The van der Waals surface area contributed by atoms with Gasteiger partial charge in [-0.3, -0.25) is 0 Å². The summed E-state index contributed by atoms with van der Waals surface area (Å²) in [6.45, 7) is 6.60. The Labute approximate surface area is 98.3 Å². The van der Waals surface area contributed by atoms with Gasteiger partial charge in [0.25, 0.3) is 0 Å². The zero-order valence-corrected chi connectivity index (χ0v) is 10.5. The number of nitrogens with zero attached hydrogens (tertiary/aromatic N) is 2. The standard InChI is InChI=1S/C13H23N3/c1-11(2)14-8-5-9-16-10-15-12-6-3-4-7-13(12)16/h10-11,14H,3-9H2,1-2H3. The summed E-state index contributed by atoms with van der Waals surface area (Å²) >= 11 is 0. The molecule has 3 heteroatoms. The second-order valence-electron chi connectivity index (χ2n) is 5.00. The zero-order valence-electron chi connectivity index (χ0n) is 10.5. The van der Waals surface area contributed by atoms with Gasteiger partial charge in [0.15, 0.2) is 0 Å². The highest BCUT2D eigenvalue weighted by molar-refractivity contribution is 5.16. The maximum Gasteiger partial charge on any atom is 0.0951 e. The molecule has 16 heavy (non-hydrogen) atoms. The first-order chi connectivity index (χ1) is 7.77. The van der Waals surface area contributed by atoms with Crippen LogP contribution in [0.15, 0.2) is 6.33 Å². The van der Waals surface area contributed by atoms with Gasteiger partial charge in [-0.1, -0.05) is 13.8 Å². The van der Waals surface area contributed by atoms with E-state index in [4.69, 9.17) is 0 Å². The first-order valence-electron chi connectivity index (χ1n) is 6.53. The van der Waals surface area contributed by atoms with Crippen LogP contribution in [0.2, 0.25) is 0 Å². The Morgan fingerprint density at radius 3 is 3.00 bits per heavy atom. The molecule has 0 saturated carbocycles. The minimum atomic E-state index is 0.594. The van der Waals surface area contributed by atoms with E-state index in [1.165, 1.54) is 43.5 Å². The summed E-state index contributed by atoms with van der Waals surface area (Å²) in [5.41, 5.74) is 2.85. The summed E-state index contributed by atoms with van der Waals surface area (Å²) in [5, 5.41) is 3.45. The van der Waals surface area contributed by atoms with Crippen molar-refractivity contribution in [3.8, 4) is 0 Å². The maximum absolute atomic E-state index is 4.51. The van der Waals surface area contributed by atoms with Gasteiger partial charge in [-0.25, -0.2) is 4.98 Å². The number of aromatic nitrogens is 2. The maximum atomic E-state index is 4.51. The second-order valence-corrected chi connectivity index (χ2v) is 5.00. The molecule has 1 aliphatic carbocycles. The van der Waals surface area contributed by atoms with Gasteiger partial charge in [0.05, 0.1) is 12.0 Å². The molecule has 0 fully saturated rings. The van der Waals surface area contributed by atoms with E-state index >= 15 is 0 Å². The Morgan fingerprint density at radius 2 is 2.19 bits per heavy atom. The van der Waals surface area contributed by atoms with Crippen molar-refractivity contribution in [3.63, 3.8) is 0 Å². The summed E-state index contributed by atoms with van der Waals surface area (Å²) in [4.78, 5) is 4.51. The fourth-order valence-corrected chi connectivity index (χ4v) is 2.36. The molecule has 1 aromatic heterocycles. The third-order valence-corrected chi connectivity index (χ3v) is 3.24. The van der Waals surface area contributed by atoms with Crippen LogP contribution in [0.1, 0.15) is 44.5 Å². The average molecular weight is 221 g/mol. The number of aryl methyl sites for hydroxylation is 2. The van der Waals surface area contributed by atoms with E-state index in [0.717, 1.165) is 13.1 Å². The molecule has 0 spiro atoms. The summed E-state index contributed by atoms with van der Waals surface area (Å²) < 4.78 is 2.36. The number of hydrogen-bond acceptors (Lipinski definition) is 2. The van der Waals surface area contributed by atoms with E-state index < -0.39 is 0 Å². The van der Waals surface area contributed by atoms with Crippen molar-refractivity contribution >= 4 is 0 Å². The molecule has 2 rings (SSSR count). The number of fused-ring (bicyclic) bond motifs is 1. The lowest BCUT2D eigenvalue weighted by molar-refractivity contribution is 0.522. The van der Waals surface area contributed by atoms with Gasteiger partial charge in [0.2, 0.25) is 0 Å². The molecular weight excluding hydrogens is 198 g/mol. The smallest absolute Gasteiger partial charge is 0.0951 e. The van der Waals surface area contributed by atoms with E-state index in [0.29, 0.717) is 6.04 Å². The Bertz CT molecular complexity index is 328. The highest BCUT2D eigenvalue weighted by Crippen LogP contribution is 2.19. The van der Waals surface area contributed by atoms with Crippen molar-refractivity contribution < 1.29 is 0 Å². The molecule has 0 radical (unpaired) electrons. The van der Waals surface area contributed by atoms with Gasteiger partial charge < -0.3 is 9.88 Å². The van der Waals surface area contributed by atoms with Gasteiger partial charge in [0, 0.05) is 18.3 Å². The predicted molar refractivity (Wildman–Crippen MR) is 66.6 cm³/mol. The molecule has 0 saturated heterocycles. The van der Waals surface area contributed by atoms with Gasteiger partial charge in [-0.15, -0.1) is 0 Å². The van der Waals surface area contributed by atoms with Crippen molar-refractivity contribution in [1.29, 1.82) is 0 Å². The minimum absolute atomic E-state index is 0.594. The Balaban J connectivity index is 1.83. The third kappa shape index (κ3) is 2.85. The lowest BCUT2D eigenvalue weighted by Crippen LogP contribution is -2.24. The van der Waals surface area contributed by atoms with Gasteiger partial charge in [-0.2, -0.15) is 0 Å². The Kier molecular flexibility index (Phi) is 3.99. The summed E-state index contributed by atoms with van der Waals surface area (Å²) in [6.07, 6.45) is 8.30.